The molecule has 170 valence electrons. The van der Waals surface area contributed by atoms with Gasteiger partial charge in [-0.25, -0.2) is 8.42 Å². The number of nitrogens with one attached hydrogen (secondary N) is 1. The standard InChI is InChI=1S/C25H22N6O2S/c1-16-14-17(2)24(18(3)15-16)34(32,33)30-20-9-7-19(8-10-20)21-11-12-23-27-28-25(31(23)29-21)22-6-4-5-13-26-22/h4-15,30H,1-3H3. The second-order valence-corrected chi connectivity index (χ2v) is 9.76. The molecular weight excluding hydrogens is 448 g/mol. The molecule has 1 N–H and O–H groups in total. The van der Waals surface area contributed by atoms with Crippen molar-refractivity contribution < 1.29 is 8.42 Å². The molecule has 0 fully saturated rings. The van der Waals surface area contributed by atoms with Gasteiger partial charge in [0.05, 0.1) is 10.6 Å². The van der Waals surface area contributed by atoms with Gasteiger partial charge in [0.1, 0.15) is 5.69 Å². The fraction of sp³-hybridized carbons (Fsp3) is 0.120. The monoisotopic (exact) mass is 470 g/mol. The second-order valence-electron chi connectivity index (χ2n) is 8.14. The molecule has 0 amide bonds. The molecule has 0 bridgehead atoms. The molecule has 0 saturated carbocycles. The first-order valence-corrected chi connectivity index (χ1v) is 12.2. The van der Waals surface area contributed by atoms with Gasteiger partial charge in [0, 0.05) is 17.4 Å². The average molecular weight is 471 g/mol. The number of hydrogen-bond donors (Lipinski definition) is 1. The molecule has 34 heavy (non-hydrogen) atoms. The molecule has 0 spiro atoms. The van der Waals surface area contributed by atoms with E-state index in [0.29, 0.717) is 33.4 Å². The van der Waals surface area contributed by atoms with E-state index < -0.39 is 10.0 Å². The summed E-state index contributed by atoms with van der Waals surface area (Å²) in [5, 5.41) is 13.1. The Morgan fingerprint density at radius 3 is 2.24 bits per heavy atom. The van der Waals surface area contributed by atoms with E-state index in [-0.39, 0.29) is 0 Å². The molecule has 0 saturated heterocycles. The van der Waals surface area contributed by atoms with Crippen LogP contribution in [0.1, 0.15) is 16.7 Å². The van der Waals surface area contributed by atoms with Crippen LogP contribution in [0.4, 0.5) is 5.69 Å². The second kappa shape index (κ2) is 8.35. The first kappa shape index (κ1) is 21.7. The van der Waals surface area contributed by atoms with Crippen molar-refractivity contribution in [3.63, 3.8) is 0 Å². The molecule has 0 aliphatic heterocycles. The summed E-state index contributed by atoms with van der Waals surface area (Å²) in [6.07, 6.45) is 1.69. The number of pyridine rings is 1. The largest absolute Gasteiger partial charge is 0.280 e. The van der Waals surface area contributed by atoms with E-state index in [0.717, 1.165) is 22.3 Å². The van der Waals surface area contributed by atoms with Crippen LogP contribution in [0, 0.1) is 20.8 Å². The maximum Gasteiger partial charge on any atom is 0.262 e. The number of sulfonamides is 1. The molecule has 0 aliphatic carbocycles. The number of anilines is 1. The Labute approximate surface area is 197 Å². The lowest BCUT2D eigenvalue weighted by Crippen LogP contribution is -2.15. The van der Waals surface area contributed by atoms with Gasteiger partial charge in [-0.3, -0.25) is 9.71 Å². The zero-order valence-corrected chi connectivity index (χ0v) is 19.7. The molecule has 9 heteroatoms. The van der Waals surface area contributed by atoms with Gasteiger partial charge in [0.2, 0.25) is 5.82 Å². The predicted molar refractivity (Wildman–Crippen MR) is 131 cm³/mol. The van der Waals surface area contributed by atoms with E-state index in [1.807, 2.05) is 75.4 Å². The van der Waals surface area contributed by atoms with Gasteiger partial charge in [0.15, 0.2) is 5.65 Å². The van der Waals surface area contributed by atoms with E-state index >= 15 is 0 Å². The van der Waals surface area contributed by atoms with Gasteiger partial charge < -0.3 is 0 Å². The summed E-state index contributed by atoms with van der Waals surface area (Å²) < 4.78 is 30.4. The van der Waals surface area contributed by atoms with Crippen molar-refractivity contribution in [2.75, 3.05) is 4.72 Å². The summed E-state index contributed by atoms with van der Waals surface area (Å²) in [4.78, 5) is 4.64. The molecule has 3 heterocycles. The van der Waals surface area contributed by atoms with Crippen LogP contribution >= 0.6 is 0 Å². The summed E-state index contributed by atoms with van der Waals surface area (Å²) >= 11 is 0. The first-order valence-electron chi connectivity index (χ1n) is 10.7. The quantitative estimate of drug-likeness (QED) is 0.403. The number of hydrogen-bond acceptors (Lipinski definition) is 6. The highest BCUT2D eigenvalue weighted by Crippen LogP contribution is 2.26. The lowest BCUT2D eigenvalue weighted by molar-refractivity contribution is 0.600. The van der Waals surface area contributed by atoms with Crippen molar-refractivity contribution in [3.8, 4) is 22.8 Å². The van der Waals surface area contributed by atoms with E-state index in [4.69, 9.17) is 0 Å². The average Bonchev–Trinajstić information content (AvgIpc) is 3.22. The van der Waals surface area contributed by atoms with Crippen LogP contribution in [-0.2, 0) is 10.0 Å². The molecular formula is C25H22N6O2S. The van der Waals surface area contributed by atoms with E-state index in [1.165, 1.54) is 0 Å². The molecule has 2 aromatic carbocycles. The van der Waals surface area contributed by atoms with Crippen molar-refractivity contribution >= 4 is 21.4 Å². The van der Waals surface area contributed by atoms with Crippen LogP contribution < -0.4 is 4.72 Å². The molecule has 5 rings (SSSR count). The number of aromatic nitrogens is 5. The van der Waals surface area contributed by atoms with E-state index in [1.54, 1.807) is 22.8 Å². The van der Waals surface area contributed by atoms with Crippen molar-refractivity contribution in [3.05, 3.63) is 89.6 Å². The lowest BCUT2D eigenvalue weighted by atomic mass is 10.1. The Kier molecular flexibility index (Phi) is 5.33. The maximum atomic E-state index is 13.1. The molecule has 0 atom stereocenters. The Balaban J connectivity index is 1.45. The minimum Gasteiger partial charge on any atom is -0.280 e. The fourth-order valence-electron chi connectivity index (χ4n) is 4.10. The van der Waals surface area contributed by atoms with Crippen LogP contribution in [-0.4, -0.2) is 33.2 Å². The molecule has 8 nitrogen and oxygen atoms in total. The van der Waals surface area contributed by atoms with Gasteiger partial charge in [-0.2, -0.15) is 9.61 Å². The predicted octanol–water partition coefficient (Wildman–Crippen LogP) is 4.58. The maximum absolute atomic E-state index is 13.1. The van der Waals surface area contributed by atoms with Crippen LogP contribution in [0.25, 0.3) is 28.4 Å². The zero-order valence-electron chi connectivity index (χ0n) is 18.9. The Bertz CT molecular complexity index is 1590. The third-order valence-corrected chi connectivity index (χ3v) is 7.15. The van der Waals surface area contributed by atoms with Gasteiger partial charge >= 0.3 is 0 Å². The third kappa shape index (κ3) is 4.01. The number of benzene rings is 2. The summed E-state index contributed by atoms with van der Waals surface area (Å²) in [6, 6.07) is 20.1. The summed E-state index contributed by atoms with van der Waals surface area (Å²) in [5.74, 6) is 0.547. The smallest absolute Gasteiger partial charge is 0.262 e. The highest BCUT2D eigenvalue weighted by Gasteiger charge is 2.20. The number of aryl methyl sites for hydroxylation is 3. The van der Waals surface area contributed by atoms with Gasteiger partial charge in [0.25, 0.3) is 10.0 Å². The Hall–Kier alpha value is -4.11. The van der Waals surface area contributed by atoms with Gasteiger partial charge in [-0.05, 0) is 68.3 Å². The SMILES string of the molecule is Cc1cc(C)c(S(=O)(=O)Nc2ccc(-c3ccc4nnc(-c5ccccn5)n4n3)cc2)c(C)c1. The van der Waals surface area contributed by atoms with Crippen LogP contribution in [0.15, 0.2) is 77.8 Å². The molecule has 0 unspecified atom stereocenters. The molecule has 3 aromatic heterocycles. The third-order valence-electron chi connectivity index (χ3n) is 5.46. The highest BCUT2D eigenvalue weighted by atomic mass is 32.2. The first-order chi connectivity index (χ1) is 16.3. The van der Waals surface area contributed by atoms with Crippen molar-refractivity contribution in [2.24, 2.45) is 0 Å². The van der Waals surface area contributed by atoms with E-state index in [2.05, 4.69) is 25.0 Å². The Morgan fingerprint density at radius 1 is 0.824 bits per heavy atom. The molecule has 0 aliphatic rings. The van der Waals surface area contributed by atoms with Crippen molar-refractivity contribution in [1.29, 1.82) is 0 Å². The van der Waals surface area contributed by atoms with Crippen molar-refractivity contribution in [2.45, 2.75) is 25.7 Å². The minimum absolute atomic E-state index is 0.309. The van der Waals surface area contributed by atoms with Crippen LogP contribution in [0.3, 0.4) is 0 Å². The van der Waals surface area contributed by atoms with Crippen molar-refractivity contribution in [1.82, 2.24) is 24.8 Å². The molecule has 5 aromatic rings. The van der Waals surface area contributed by atoms with E-state index in [9.17, 15) is 8.42 Å². The zero-order chi connectivity index (χ0) is 23.9. The van der Waals surface area contributed by atoms with Crippen LogP contribution in [0.2, 0.25) is 0 Å². The lowest BCUT2D eigenvalue weighted by Gasteiger charge is -2.14. The summed E-state index contributed by atoms with van der Waals surface area (Å²) in [6.45, 7) is 5.57. The number of fused-ring (bicyclic) bond motifs is 1. The minimum atomic E-state index is -3.72. The fourth-order valence-corrected chi connectivity index (χ4v) is 5.62. The normalized spacial score (nSPS) is 11.6. The number of nitrogens with zero attached hydrogens (tertiary/aromatic N) is 5. The van der Waals surface area contributed by atoms with Gasteiger partial charge in [-0.15, -0.1) is 10.2 Å². The van der Waals surface area contributed by atoms with Gasteiger partial charge in [-0.1, -0.05) is 35.9 Å². The summed E-state index contributed by atoms with van der Waals surface area (Å²) in [7, 11) is -3.72. The Morgan fingerprint density at radius 2 is 1.56 bits per heavy atom. The summed E-state index contributed by atoms with van der Waals surface area (Å²) in [5.41, 5.74) is 5.75. The number of rotatable bonds is 5. The van der Waals surface area contributed by atoms with Crippen LogP contribution in [0.5, 0.6) is 0 Å². The highest BCUT2D eigenvalue weighted by molar-refractivity contribution is 7.92. The molecule has 0 radical (unpaired) electrons. The topological polar surface area (TPSA) is 102 Å².